The van der Waals surface area contributed by atoms with Crippen LogP contribution in [0.25, 0.3) is 0 Å². The first kappa shape index (κ1) is 17.1. The van der Waals surface area contributed by atoms with Crippen molar-refractivity contribution in [1.29, 1.82) is 5.26 Å². The normalized spacial score (nSPS) is 10.0. The van der Waals surface area contributed by atoms with E-state index in [2.05, 4.69) is 26.7 Å². The molecule has 0 radical (unpaired) electrons. The molecule has 1 heterocycles. The molecule has 0 unspecified atom stereocenters. The number of amides is 1. The molecule has 2 N–H and O–H groups in total. The molecule has 128 valence electrons. The van der Waals surface area contributed by atoms with Gasteiger partial charge in [0.05, 0.1) is 17.2 Å². The number of nitriles is 1. The molecule has 6 nitrogen and oxygen atoms in total. The maximum Gasteiger partial charge on any atom is 0.258 e. The summed E-state index contributed by atoms with van der Waals surface area (Å²) in [6.45, 7) is 4.04. The summed E-state index contributed by atoms with van der Waals surface area (Å²) in [7, 11) is 0. The van der Waals surface area contributed by atoms with E-state index in [4.69, 9.17) is 5.26 Å². The van der Waals surface area contributed by atoms with E-state index in [-0.39, 0.29) is 5.91 Å². The highest BCUT2D eigenvalue weighted by Gasteiger charge is 2.09. The number of aryl methyl sites for hydroxylation is 2. The number of nitrogens with zero attached hydrogens (tertiary/aromatic N) is 3. The molecule has 0 aliphatic carbocycles. The first-order valence-electron chi connectivity index (χ1n) is 8.03. The Bertz CT molecular complexity index is 990. The molecule has 1 amide bonds. The quantitative estimate of drug-likeness (QED) is 0.748. The monoisotopic (exact) mass is 343 g/mol. The zero-order valence-electron chi connectivity index (χ0n) is 14.4. The molecular weight excluding hydrogens is 326 g/mol. The van der Waals surface area contributed by atoms with Crippen molar-refractivity contribution < 1.29 is 4.79 Å². The maximum absolute atomic E-state index is 12.3. The number of aromatic nitrogens is 2. The van der Waals surface area contributed by atoms with Gasteiger partial charge in [0.1, 0.15) is 0 Å². The van der Waals surface area contributed by atoms with Crippen molar-refractivity contribution in [2.75, 3.05) is 10.6 Å². The van der Waals surface area contributed by atoms with Crippen molar-refractivity contribution in [3.05, 3.63) is 77.1 Å². The highest BCUT2D eigenvalue weighted by Crippen LogP contribution is 2.19. The van der Waals surface area contributed by atoms with Crippen LogP contribution in [0.4, 0.5) is 17.3 Å². The first-order valence-corrected chi connectivity index (χ1v) is 8.03. The molecule has 3 rings (SSSR count). The molecule has 0 atom stereocenters. The highest BCUT2D eigenvalue weighted by molar-refractivity contribution is 6.04. The van der Waals surface area contributed by atoms with Crippen molar-refractivity contribution >= 4 is 23.2 Å². The van der Waals surface area contributed by atoms with Gasteiger partial charge in [-0.05, 0) is 43.7 Å². The third kappa shape index (κ3) is 4.02. The standard InChI is InChI=1S/C20H17N5O/c1-13-6-7-18(14(2)8-13)25-20-22-11-16(12-23-20)19(26)24-17-5-3-4-15(9-17)10-21/h3-9,11-12H,1-2H3,(H,24,26)(H,22,23,25). The number of anilines is 3. The van der Waals surface area contributed by atoms with Crippen molar-refractivity contribution in [2.45, 2.75) is 13.8 Å². The predicted molar refractivity (Wildman–Crippen MR) is 100 cm³/mol. The summed E-state index contributed by atoms with van der Waals surface area (Å²) in [6.07, 6.45) is 2.92. The average molecular weight is 343 g/mol. The minimum Gasteiger partial charge on any atom is -0.324 e. The first-order chi connectivity index (χ1) is 12.5. The number of carbonyl (C=O) groups excluding carboxylic acids is 1. The van der Waals surface area contributed by atoms with Gasteiger partial charge in [0.2, 0.25) is 5.95 Å². The van der Waals surface area contributed by atoms with Gasteiger partial charge in [0.25, 0.3) is 5.91 Å². The van der Waals surface area contributed by atoms with Gasteiger partial charge in [-0.2, -0.15) is 5.26 Å². The van der Waals surface area contributed by atoms with Crippen LogP contribution in [-0.4, -0.2) is 15.9 Å². The fourth-order valence-electron chi connectivity index (χ4n) is 2.45. The van der Waals surface area contributed by atoms with Crippen LogP contribution in [0.3, 0.4) is 0 Å². The Labute approximate surface area is 151 Å². The van der Waals surface area contributed by atoms with Gasteiger partial charge < -0.3 is 10.6 Å². The van der Waals surface area contributed by atoms with Crippen LogP contribution < -0.4 is 10.6 Å². The van der Waals surface area contributed by atoms with Crippen molar-refractivity contribution in [1.82, 2.24) is 9.97 Å². The van der Waals surface area contributed by atoms with E-state index in [0.29, 0.717) is 22.8 Å². The van der Waals surface area contributed by atoms with Gasteiger partial charge in [-0.3, -0.25) is 4.79 Å². The van der Waals surface area contributed by atoms with Gasteiger partial charge in [0, 0.05) is 23.8 Å². The minimum absolute atomic E-state index is 0.332. The number of hydrogen-bond acceptors (Lipinski definition) is 5. The van der Waals surface area contributed by atoms with E-state index in [0.717, 1.165) is 11.3 Å². The van der Waals surface area contributed by atoms with Crippen LogP contribution in [0, 0.1) is 25.2 Å². The molecule has 1 aromatic heterocycles. The van der Waals surface area contributed by atoms with Crippen LogP contribution in [0.1, 0.15) is 27.0 Å². The topological polar surface area (TPSA) is 90.7 Å². The maximum atomic E-state index is 12.3. The lowest BCUT2D eigenvalue weighted by molar-refractivity contribution is 0.102. The SMILES string of the molecule is Cc1ccc(Nc2ncc(C(=O)Nc3cccc(C#N)c3)cn2)c(C)c1. The van der Waals surface area contributed by atoms with Crippen LogP contribution in [0.5, 0.6) is 0 Å². The van der Waals surface area contributed by atoms with E-state index >= 15 is 0 Å². The lowest BCUT2D eigenvalue weighted by Gasteiger charge is -2.09. The second kappa shape index (κ2) is 7.45. The Morgan fingerprint density at radius 1 is 1.08 bits per heavy atom. The molecule has 0 spiro atoms. The number of nitrogens with one attached hydrogen (secondary N) is 2. The lowest BCUT2D eigenvalue weighted by Crippen LogP contribution is -2.13. The average Bonchev–Trinajstić information content (AvgIpc) is 2.64. The molecule has 0 saturated carbocycles. The van der Waals surface area contributed by atoms with Crippen LogP contribution in [-0.2, 0) is 0 Å². The second-order valence-corrected chi connectivity index (χ2v) is 5.89. The smallest absolute Gasteiger partial charge is 0.258 e. The minimum atomic E-state index is -0.335. The Hall–Kier alpha value is -3.72. The highest BCUT2D eigenvalue weighted by atomic mass is 16.1. The summed E-state index contributed by atoms with van der Waals surface area (Å²) in [5.74, 6) is 0.0816. The second-order valence-electron chi connectivity index (χ2n) is 5.89. The van der Waals surface area contributed by atoms with Crippen molar-refractivity contribution in [3.63, 3.8) is 0 Å². The van der Waals surface area contributed by atoms with Gasteiger partial charge in [-0.1, -0.05) is 23.8 Å². The largest absolute Gasteiger partial charge is 0.324 e. The fourth-order valence-corrected chi connectivity index (χ4v) is 2.45. The summed E-state index contributed by atoms with van der Waals surface area (Å²) < 4.78 is 0. The summed E-state index contributed by atoms with van der Waals surface area (Å²) in [6, 6.07) is 14.8. The number of rotatable bonds is 4. The Kier molecular flexibility index (Phi) is 4.90. The Morgan fingerprint density at radius 3 is 2.54 bits per heavy atom. The zero-order chi connectivity index (χ0) is 18.5. The van der Waals surface area contributed by atoms with E-state index in [9.17, 15) is 4.79 Å². The van der Waals surface area contributed by atoms with Gasteiger partial charge in [-0.15, -0.1) is 0 Å². The third-order valence-corrected chi connectivity index (χ3v) is 3.79. The third-order valence-electron chi connectivity index (χ3n) is 3.79. The van der Waals surface area contributed by atoms with Crippen molar-refractivity contribution in [3.8, 4) is 6.07 Å². The van der Waals surface area contributed by atoms with E-state index < -0.39 is 0 Å². The molecule has 2 aromatic carbocycles. The molecule has 26 heavy (non-hydrogen) atoms. The Morgan fingerprint density at radius 2 is 1.85 bits per heavy atom. The van der Waals surface area contributed by atoms with Crippen LogP contribution >= 0.6 is 0 Å². The Balaban J connectivity index is 1.70. The number of carbonyl (C=O) groups is 1. The zero-order valence-corrected chi connectivity index (χ0v) is 14.4. The lowest BCUT2D eigenvalue weighted by atomic mass is 10.1. The fraction of sp³-hybridized carbons (Fsp3) is 0.100. The van der Waals surface area contributed by atoms with Gasteiger partial charge in [0.15, 0.2) is 0 Å². The molecule has 3 aromatic rings. The molecule has 0 bridgehead atoms. The van der Waals surface area contributed by atoms with Crippen molar-refractivity contribution in [2.24, 2.45) is 0 Å². The molecule has 0 aliphatic heterocycles. The van der Waals surface area contributed by atoms with E-state index in [1.165, 1.54) is 18.0 Å². The number of hydrogen-bond donors (Lipinski definition) is 2. The summed E-state index contributed by atoms with van der Waals surface area (Å²) in [4.78, 5) is 20.7. The molecule has 0 fully saturated rings. The summed E-state index contributed by atoms with van der Waals surface area (Å²) in [5, 5.41) is 14.8. The molecule has 0 saturated heterocycles. The molecular formula is C20H17N5O. The van der Waals surface area contributed by atoms with E-state index in [1.54, 1.807) is 24.3 Å². The van der Waals surface area contributed by atoms with Gasteiger partial charge in [-0.25, -0.2) is 9.97 Å². The molecule has 0 aliphatic rings. The van der Waals surface area contributed by atoms with Crippen LogP contribution in [0.15, 0.2) is 54.9 Å². The number of benzene rings is 2. The molecule has 6 heteroatoms. The predicted octanol–water partition coefficient (Wildman–Crippen LogP) is 3.96. The summed E-state index contributed by atoms with van der Waals surface area (Å²) >= 11 is 0. The van der Waals surface area contributed by atoms with E-state index in [1.807, 2.05) is 32.0 Å². The van der Waals surface area contributed by atoms with Crippen LogP contribution in [0.2, 0.25) is 0 Å². The van der Waals surface area contributed by atoms with Gasteiger partial charge >= 0.3 is 0 Å². The summed E-state index contributed by atoms with van der Waals surface area (Å²) in [5.41, 5.74) is 4.55.